The van der Waals surface area contributed by atoms with E-state index in [1.54, 1.807) is 26.4 Å². The molecule has 0 radical (unpaired) electrons. The van der Waals surface area contributed by atoms with Crippen LogP contribution in [-0.4, -0.2) is 20.1 Å². The molecule has 0 spiro atoms. The van der Waals surface area contributed by atoms with Gasteiger partial charge in [0.1, 0.15) is 0 Å². The number of ether oxygens (including phenoxy) is 2. The second-order valence-corrected chi connectivity index (χ2v) is 4.49. The Bertz CT molecular complexity index is 641. The lowest BCUT2D eigenvalue weighted by Gasteiger charge is -2.11. The summed E-state index contributed by atoms with van der Waals surface area (Å²) in [6.07, 6.45) is 0. The molecular weight excluding hydrogens is 268 g/mol. The van der Waals surface area contributed by atoms with E-state index in [0.717, 1.165) is 11.3 Å². The van der Waals surface area contributed by atoms with Gasteiger partial charge in [-0.3, -0.25) is 4.79 Å². The van der Waals surface area contributed by atoms with E-state index < -0.39 is 5.91 Å². The molecule has 3 N–H and O–H groups in total. The molecule has 21 heavy (non-hydrogen) atoms. The Morgan fingerprint density at radius 1 is 1.10 bits per heavy atom. The lowest BCUT2D eigenvalue weighted by atomic mass is 10.1. The minimum absolute atomic E-state index is 0.428. The molecule has 2 aromatic carbocycles. The fourth-order valence-corrected chi connectivity index (χ4v) is 1.98. The summed E-state index contributed by atoms with van der Waals surface area (Å²) >= 11 is 0. The lowest BCUT2D eigenvalue weighted by Crippen LogP contribution is -2.11. The van der Waals surface area contributed by atoms with Crippen LogP contribution in [0.2, 0.25) is 0 Å². The van der Waals surface area contributed by atoms with Crippen LogP contribution in [0.1, 0.15) is 15.9 Å². The zero-order chi connectivity index (χ0) is 15.2. The first kappa shape index (κ1) is 14.7. The van der Waals surface area contributed by atoms with Gasteiger partial charge in [0.2, 0.25) is 5.91 Å². The maximum absolute atomic E-state index is 11.2. The third-order valence-electron chi connectivity index (χ3n) is 3.09. The van der Waals surface area contributed by atoms with Crippen molar-refractivity contribution >= 4 is 11.6 Å². The monoisotopic (exact) mass is 286 g/mol. The number of benzene rings is 2. The van der Waals surface area contributed by atoms with Crippen molar-refractivity contribution in [1.82, 2.24) is 0 Å². The van der Waals surface area contributed by atoms with Gasteiger partial charge in [-0.2, -0.15) is 0 Å². The molecule has 1 amide bonds. The molecule has 0 unspecified atom stereocenters. The predicted molar refractivity (Wildman–Crippen MR) is 81.8 cm³/mol. The third kappa shape index (κ3) is 3.66. The number of amides is 1. The zero-order valence-corrected chi connectivity index (χ0v) is 12.1. The Morgan fingerprint density at radius 2 is 1.86 bits per heavy atom. The number of nitrogens with two attached hydrogens (primary N) is 1. The number of methoxy groups -OCH3 is 2. The Hall–Kier alpha value is -2.69. The van der Waals surface area contributed by atoms with Crippen LogP contribution in [0.25, 0.3) is 0 Å². The smallest absolute Gasteiger partial charge is 0.248 e. The summed E-state index contributed by atoms with van der Waals surface area (Å²) < 4.78 is 10.4. The normalized spacial score (nSPS) is 10.0. The van der Waals surface area contributed by atoms with Gasteiger partial charge in [-0.25, -0.2) is 0 Å². The van der Waals surface area contributed by atoms with Crippen LogP contribution in [-0.2, 0) is 6.54 Å². The highest BCUT2D eigenvalue weighted by Crippen LogP contribution is 2.29. The van der Waals surface area contributed by atoms with E-state index >= 15 is 0 Å². The molecule has 2 rings (SSSR count). The first-order valence-corrected chi connectivity index (χ1v) is 6.48. The highest BCUT2D eigenvalue weighted by Gasteiger charge is 2.05. The number of primary amides is 1. The minimum atomic E-state index is -0.428. The number of anilines is 1. The molecule has 0 heterocycles. The van der Waals surface area contributed by atoms with E-state index in [2.05, 4.69) is 5.32 Å². The van der Waals surface area contributed by atoms with Gasteiger partial charge in [-0.05, 0) is 29.8 Å². The third-order valence-corrected chi connectivity index (χ3v) is 3.09. The zero-order valence-electron chi connectivity index (χ0n) is 12.1. The van der Waals surface area contributed by atoms with Gasteiger partial charge in [-0.1, -0.05) is 12.1 Å². The van der Waals surface area contributed by atoms with Gasteiger partial charge in [0.15, 0.2) is 11.5 Å². The van der Waals surface area contributed by atoms with Crippen molar-refractivity contribution in [2.75, 3.05) is 19.5 Å². The van der Waals surface area contributed by atoms with Crippen LogP contribution in [0.3, 0.4) is 0 Å². The molecule has 0 fully saturated rings. The molecule has 0 aliphatic heterocycles. The van der Waals surface area contributed by atoms with E-state index in [4.69, 9.17) is 15.2 Å². The van der Waals surface area contributed by atoms with E-state index in [0.29, 0.717) is 23.6 Å². The van der Waals surface area contributed by atoms with Crippen LogP contribution < -0.4 is 20.5 Å². The van der Waals surface area contributed by atoms with Gasteiger partial charge in [0.25, 0.3) is 0 Å². The Labute approximate surface area is 123 Å². The molecule has 5 nitrogen and oxygen atoms in total. The summed E-state index contributed by atoms with van der Waals surface area (Å²) in [5.74, 6) is 0.912. The van der Waals surface area contributed by atoms with Crippen LogP contribution in [0.5, 0.6) is 11.5 Å². The maximum Gasteiger partial charge on any atom is 0.248 e. The number of carbonyl (C=O) groups is 1. The van der Waals surface area contributed by atoms with E-state index in [-0.39, 0.29) is 0 Å². The molecule has 5 heteroatoms. The lowest BCUT2D eigenvalue weighted by molar-refractivity contribution is 0.1000. The Morgan fingerprint density at radius 3 is 2.52 bits per heavy atom. The van der Waals surface area contributed by atoms with E-state index in [9.17, 15) is 4.79 Å². The van der Waals surface area contributed by atoms with Crippen LogP contribution in [0, 0.1) is 0 Å². The Kier molecular flexibility index (Phi) is 4.66. The van der Waals surface area contributed by atoms with Crippen LogP contribution in [0.4, 0.5) is 5.69 Å². The average Bonchev–Trinajstić information content (AvgIpc) is 2.52. The van der Waals surface area contributed by atoms with E-state index in [1.807, 2.05) is 30.3 Å². The summed E-state index contributed by atoms with van der Waals surface area (Å²) in [6, 6.07) is 12.8. The second kappa shape index (κ2) is 6.65. The van der Waals surface area contributed by atoms with Crippen molar-refractivity contribution in [3.05, 3.63) is 53.6 Å². The van der Waals surface area contributed by atoms with Gasteiger partial charge >= 0.3 is 0 Å². The predicted octanol–water partition coefficient (Wildman–Crippen LogP) is 2.41. The molecular formula is C16H18N2O3. The topological polar surface area (TPSA) is 73.6 Å². The number of nitrogens with one attached hydrogen (secondary N) is 1. The molecule has 110 valence electrons. The Balaban J connectivity index is 2.09. The first-order valence-electron chi connectivity index (χ1n) is 6.48. The highest BCUT2D eigenvalue weighted by atomic mass is 16.5. The van der Waals surface area contributed by atoms with Crippen LogP contribution in [0.15, 0.2) is 42.5 Å². The molecule has 0 aliphatic rings. The van der Waals surface area contributed by atoms with Crippen molar-refractivity contribution < 1.29 is 14.3 Å². The molecule has 0 aliphatic carbocycles. The maximum atomic E-state index is 11.2. The van der Waals surface area contributed by atoms with Gasteiger partial charge in [-0.15, -0.1) is 0 Å². The van der Waals surface area contributed by atoms with Crippen LogP contribution >= 0.6 is 0 Å². The number of hydrogen-bond donors (Lipinski definition) is 2. The van der Waals surface area contributed by atoms with Gasteiger partial charge < -0.3 is 20.5 Å². The van der Waals surface area contributed by atoms with Crippen molar-refractivity contribution in [3.8, 4) is 11.5 Å². The summed E-state index contributed by atoms with van der Waals surface area (Å²) in [4.78, 5) is 11.2. The molecule has 0 atom stereocenters. The second-order valence-electron chi connectivity index (χ2n) is 4.49. The number of carbonyl (C=O) groups excluding carboxylic acids is 1. The van der Waals surface area contributed by atoms with Crippen molar-refractivity contribution in [1.29, 1.82) is 0 Å². The van der Waals surface area contributed by atoms with Crippen molar-refractivity contribution in [3.63, 3.8) is 0 Å². The standard InChI is InChI=1S/C16H18N2O3/c1-20-14-7-6-13(9-15(14)21-2)18-10-11-4-3-5-12(8-11)16(17)19/h3-9,18H,10H2,1-2H3,(H2,17,19). The SMILES string of the molecule is COc1ccc(NCc2cccc(C(N)=O)c2)cc1OC. The highest BCUT2D eigenvalue weighted by molar-refractivity contribution is 5.92. The quantitative estimate of drug-likeness (QED) is 0.855. The fraction of sp³-hybridized carbons (Fsp3) is 0.188. The molecule has 2 aromatic rings. The van der Waals surface area contributed by atoms with E-state index in [1.165, 1.54) is 0 Å². The summed E-state index contributed by atoms with van der Waals surface area (Å²) in [7, 11) is 3.19. The minimum Gasteiger partial charge on any atom is -0.493 e. The van der Waals surface area contributed by atoms with Crippen molar-refractivity contribution in [2.45, 2.75) is 6.54 Å². The number of rotatable bonds is 6. The van der Waals surface area contributed by atoms with Gasteiger partial charge in [0, 0.05) is 23.9 Å². The summed E-state index contributed by atoms with van der Waals surface area (Å²) in [6.45, 7) is 0.580. The summed E-state index contributed by atoms with van der Waals surface area (Å²) in [5, 5.41) is 3.27. The largest absolute Gasteiger partial charge is 0.493 e. The number of hydrogen-bond acceptors (Lipinski definition) is 4. The molecule has 0 saturated carbocycles. The first-order chi connectivity index (χ1) is 10.1. The molecule has 0 saturated heterocycles. The molecule has 0 bridgehead atoms. The fourth-order valence-electron chi connectivity index (χ4n) is 1.98. The molecule has 0 aromatic heterocycles. The van der Waals surface area contributed by atoms with Crippen molar-refractivity contribution in [2.24, 2.45) is 5.73 Å². The summed E-state index contributed by atoms with van der Waals surface area (Å²) in [5.41, 5.74) is 7.64. The average molecular weight is 286 g/mol. The van der Waals surface area contributed by atoms with Gasteiger partial charge in [0.05, 0.1) is 14.2 Å².